The zero-order valence-corrected chi connectivity index (χ0v) is 17.1. The van der Waals surface area contributed by atoms with Crippen molar-refractivity contribution < 1.29 is 25.0 Å². The van der Waals surface area contributed by atoms with Crippen LogP contribution in [0.2, 0.25) is 0 Å². The van der Waals surface area contributed by atoms with Crippen molar-refractivity contribution in [3.63, 3.8) is 0 Å². The number of non-ortho nitro benzene ring substituents is 1. The summed E-state index contributed by atoms with van der Waals surface area (Å²) in [6, 6.07) is 6.32. The van der Waals surface area contributed by atoms with Crippen LogP contribution in [0.3, 0.4) is 0 Å². The van der Waals surface area contributed by atoms with Crippen LogP contribution < -0.4 is 0 Å². The van der Waals surface area contributed by atoms with E-state index in [9.17, 15) is 25.4 Å². The molecule has 4 rings (SSSR count). The van der Waals surface area contributed by atoms with Crippen molar-refractivity contribution >= 4 is 34.9 Å². The molecule has 0 saturated carbocycles. The zero-order chi connectivity index (χ0) is 21.4. The average molecular weight is 455 g/mol. The maximum atomic E-state index is 10.8. The highest BCUT2D eigenvalue weighted by atomic mass is 35.5. The standard InChI is InChI=1S/C18H19ClN4O6S/c19-21-5-12-15(20-9-22(12)18-17(26)16(25)13(7-24)29-18)14(6-21)30-8-10-1-3-11(4-2-10)23(27)28/h1-6,13,16-18,24-26H,7-9H2. The van der Waals surface area contributed by atoms with Crippen LogP contribution in [0, 0.1) is 10.1 Å². The Morgan fingerprint density at radius 1 is 1.27 bits per heavy atom. The predicted molar refractivity (Wildman–Crippen MR) is 110 cm³/mol. The van der Waals surface area contributed by atoms with Crippen molar-refractivity contribution in [2.45, 2.75) is 30.3 Å². The van der Waals surface area contributed by atoms with Crippen molar-refractivity contribution in [1.29, 1.82) is 0 Å². The van der Waals surface area contributed by atoms with Gasteiger partial charge in [-0.25, -0.2) is 0 Å². The fraction of sp³-hybridized carbons (Fsp3) is 0.389. The zero-order valence-electron chi connectivity index (χ0n) is 15.5. The second-order valence-electron chi connectivity index (χ2n) is 6.91. The highest BCUT2D eigenvalue weighted by molar-refractivity contribution is 8.03. The number of nitro benzene ring substituents is 1. The molecule has 0 radical (unpaired) electrons. The summed E-state index contributed by atoms with van der Waals surface area (Å²) in [6.45, 7) is -0.207. The Morgan fingerprint density at radius 2 is 2.00 bits per heavy atom. The van der Waals surface area contributed by atoms with Gasteiger partial charge in [0.2, 0.25) is 0 Å². The maximum absolute atomic E-state index is 10.8. The van der Waals surface area contributed by atoms with Gasteiger partial charge in [0.15, 0.2) is 6.23 Å². The minimum atomic E-state index is -1.21. The van der Waals surface area contributed by atoms with Crippen LogP contribution >= 0.6 is 23.5 Å². The highest BCUT2D eigenvalue weighted by Gasteiger charge is 2.47. The van der Waals surface area contributed by atoms with Crippen LogP contribution in [0.25, 0.3) is 0 Å². The third-order valence-corrected chi connectivity index (χ3v) is 6.30. The number of halogens is 1. The number of ether oxygens (including phenoxy) is 1. The largest absolute Gasteiger partial charge is 0.394 e. The first-order chi connectivity index (χ1) is 14.4. The minimum absolute atomic E-state index is 0.0343. The van der Waals surface area contributed by atoms with Gasteiger partial charge in [-0.2, -0.15) is 0 Å². The molecule has 160 valence electrons. The molecule has 0 aliphatic carbocycles. The first kappa shape index (κ1) is 21.1. The molecular formula is C18H19ClN4O6S. The van der Waals surface area contributed by atoms with Crippen LogP contribution in [0.5, 0.6) is 0 Å². The van der Waals surface area contributed by atoms with Gasteiger partial charge < -0.3 is 25.0 Å². The predicted octanol–water partition coefficient (Wildman–Crippen LogP) is 1.13. The first-order valence-electron chi connectivity index (χ1n) is 9.07. The SMILES string of the molecule is O=[N+]([O-])c1ccc(CSC2=CN(Cl)C=C3C2=NCN3C2OC(CO)C(O)C2O)cc1. The van der Waals surface area contributed by atoms with E-state index >= 15 is 0 Å². The Bertz CT molecular complexity index is 924. The summed E-state index contributed by atoms with van der Waals surface area (Å²) in [7, 11) is 0. The second kappa shape index (κ2) is 8.53. The third kappa shape index (κ3) is 3.92. The average Bonchev–Trinajstić information content (AvgIpc) is 3.27. The topological polar surface area (TPSA) is 132 Å². The number of aliphatic hydroxyl groups is 3. The van der Waals surface area contributed by atoms with Crippen LogP contribution in [0.1, 0.15) is 5.56 Å². The van der Waals surface area contributed by atoms with Gasteiger partial charge in [0.25, 0.3) is 5.69 Å². The van der Waals surface area contributed by atoms with E-state index < -0.39 is 36.1 Å². The molecule has 30 heavy (non-hydrogen) atoms. The Morgan fingerprint density at radius 3 is 2.63 bits per heavy atom. The van der Waals surface area contributed by atoms with E-state index in [4.69, 9.17) is 16.5 Å². The molecule has 4 atom stereocenters. The van der Waals surface area contributed by atoms with E-state index in [-0.39, 0.29) is 12.4 Å². The number of fused-ring (bicyclic) bond motifs is 1. The number of nitrogens with zero attached hydrogens (tertiary/aromatic N) is 4. The summed E-state index contributed by atoms with van der Waals surface area (Å²) in [6.07, 6.45) is -0.806. The molecule has 3 N–H and O–H groups in total. The van der Waals surface area contributed by atoms with Gasteiger partial charge in [-0.1, -0.05) is 12.1 Å². The number of nitro groups is 1. The molecule has 0 spiro atoms. The van der Waals surface area contributed by atoms with E-state index in [2.05, 4.69) is 4.99 Å². The molecule has 3 aliphatic heterocycles. The molecule has 1 aromatic rings. The van der Waals surface area contributed by atoms with Crippen molar-refractivity contribution in [3.05, 3.63) is 62.9 Å². The lowest BCUT2D eigenvalue weighted by Crippen LogP contribution is -2.43. The van der Waals surface area contributed by atoms with Gasteiger partial charge >= 0.3 is 0 Å². The van der Waals surface area contributed by atoms with Gasteiger partial charge in [-0.05, 0) is 5.56 Å². The normalized spacial score (nSPS) is 28.2. The second-order valence-corrected chi connectivity index (χ2v) is 8.32. The number of aliphatic hydroxyl groups excluding tert-OH is 3. The van der Waals surface area contributed by atoms with Crippen LogP contribution in [-0.2, 0) is 10.5 Å². The van der Waals surface area contributed by atoms with Gasteiger partial charge in [-0.3, -0.25) is 19.5 Å². The number of thioether (sulfide) groups is 1. The van der Waals surface area contributed by atoms with Gasteiger partial charge in [0.1, 0.15) is 25.0 Å². The molecule has 0 amide bonds. The van der Waals surface area contributed by atoms with Crippen LogP contribution in [0.15, 0.2) is 52.3 Å². The Kier molecular flexibility index (Phi) is 6.00. The van der Waals surface area contributed by atoms with Gasteiger partial charge in [0.05, 0.1) is 27.8 Å². The van der Waals surface area contributed by atoms with Gasteiger partial charge in [-0.15, -0.1) is 11.8 Å². The summed E-state index contributed by atoms with van der Waals surface area (Å²) in [5, 5.41) is 40.5. The number of aliphatic imine (C=N–C) groups is 1. The molecule has 10 nitrogen and oxygen atoms in total. The molecule has 0 aromatic heterocycles. The molecular weight excluding hydrogens is 436 g/mol. The monoisotopic (exact) mass is 454 g/mol. The van der Waals surface area contributed by atoms with E-state index in [0.717, 1.165) is 10.5 Å². The number of rotatable bonds is 6. The molecule has 3 aliphatic rings. The molecule has 1 saturated heterocycles. The Balaban J connectivity index is 1.46. The number of hydrogen-bond donors (Lipinski definition) is 3. The summed E-state index contributed by atoms with van der Waals surface area (Å²) in [5.74, 6) is 0.550. The molecule has 1 fully saturated rings. The Labute approximate surface area is 181 Å². The summed E-state index contributed by atoms with van der Waals surface area (Å²) in [4.78, 5) is 17.4. The van der Waals surface area contributed by atoms with Gasteiger partial charge in [0, 0.05) is 42.1 Å². The molecule has 12 heteroatoms. The Hall–Kier alpha value is -2.15. The van der Waals surface area contributed by atoms with Crippen molar-refractivity contribution in [2.75, 3.05) is 13.3 Å². The molecule has 0 bridgehead atoms. The third-order valence-electron chi connectivity index (χ3n) is 5.02. The van der Waals surface area contributed by atoms with E-state index in [0.29, 0.717) is 17.2 Å². The van der Waals surface area contributed by atoms with Crippen LogP contribution in [0.4, 0.5) is 5.69 Å². The number of hydrogen-bond acceptors (Lipinski definition) is 10. The maximum Gasteiger partial charge on any atom is 0.269 e. The first-order valence-corrected chi connectivity index (χ1v) is 10.4. The van der Waals surface area contributed by atoms with E-state index in [1.807, 2.05) is 0 Å². The van der Waals surface area contributed by atoms with E-state index in [1.165, 1.54) is 28.3 Å². The fourth-order valence-electron chi connectivity index (χ4n) is 3.44. The summed E-state index contributed by atoms with van der Waals surface area (Å²) < 4.78 is 6.97. The van der Waals surface area contributed by atoms with Crippen molar-refractivity contribution in [3.8, 4) is 0 Å². The smallest absolute Gasteiger partial charge is 0.269 e. The van der Waals surface area contributed by atoms with E-state index in [1.54, 1.807) is 29.4 Å². The molecule has 3 heterocycles. The van der Waals surface area contributed by atoms with Crippen LogP contribution in [-0.4, -0.2) is 73.1 Å². The summed E-state index contributed by atoms with van der Waals surface area (Å²) in [5.41, 5.74) is 2.25. The van der Waals surface area contributed by atoms with Crippen molar-refractivity contribution in [2.24, 2.45) is 4.99 Å². The van der Waals surface area contributed by atoms with Crippen molar-refractivity contribution in [1.82, 2.24) is 9.32 Å². The lowest BCUT2D eigenvalue weighted by atomic mass is 10.1. The minimum Gasteiger partial charge on any atom is -0.394 e. The number of benzene rings is 1. The number of allylic oxidation sites excluding steroid dienone is 1. The lowest BCUT2D eigenvalue weighted by molar-refractivity contribution is -0.384. The lowest BCUT2D eigenvalue weighted by Gasteiger charge is -2.30. The summed E-state index contributed by atoms with van der Waals surface area (Å²) >= 11 is 7.70. The fourth-order valence-corrected chi connectivity index (χ4v) is 4.70. The highest BCUT2D eigenvalue weighted by Crippen LogP contribution is 2.37. The quantitative estimate of drug-likeness (QED) is 0.328. The molecule has 4 unspecified atom stereocenters. The molecule has 1 aromatic carbocycles.